The van der Waals surface area contributed by atoms with Crippen LogP contribution in [-0.2, 0) is 4.79 Å². The number of carboxylic acids is 1. The number of allylic oxidation sites excluding steroid dienone is 8. The average molecular weight is 304 g/mol. The zero-order valence-electron chi connectivity index (χ0n) is 14.0. The normalized spacial score (nSPS) is 12.4. The Morgan fingerprint density at radius 2 is 1.23 bits per heavy atom. The summed E-state index contributed by atoms with van der Waals surface area (Å²) in [5, 5.41) is 8.51. The molecular weight excluding hydrogens is 272 g/mol. The number of aliphatic carboxylic acids is 1. The Morgan fingerprint density at radius 1 is 0.727 bits per heavy atom. The number of carbonyl (C=O) groups is 1. The van der Waals surface area contributed by atoms with Crippen molar-refractivity contribution in [1.82, 2.24) is 0 Å². The molecule has 0 heterocycles. The van der Waals surface area contributed by atoms with Crippen molar-refractivity contribution in [3.05, 3.63) is 48.6 Å². The third kappa shape index (κ3) is 18.4. The molecule has 0 rings (SSSR count). The van der Waals surface area contributed by atoms with Crippen LogP contribution in [0.2, 0.25) is 0 Å². The predicted octanol–water partition coefficient (Wildman–Crippen LogP) is 6.22. The minimum absolute atomic E-state index is 0.309. The lowest BCUT2D eigenvalue weighted by atomic mass is 10.1. The zero-order chi connectivity index (χ0) is 16.3. The topological polar surface area (TPSA) is 37.3 Å². The SMILES string of the molecule is CC/C=C/C/C=C/C/C=C/C/C=C\CCCCCCC(=O)O. The van der Waals surface area contributed by atoms with Crippen molar-refractivity contribution in [3.63, 3.8) is 0 Å². The number of carboxylic acid groups (broad SMARTS) is 1. The van der Waals surface area contributed by atoms with E-state index >= 15 is 0 Å². The molecule has 0 saturated carbocycles. The molecule has 22 heavy (non-hydrogen) atoms. The first kappa shape index (κ1) is 20.4. The Kier molecular flexibility index (Phi) is 16.2. The highest BCUT2D eigenvalue weighted by Gasteiger charge is 1.95. The summed E-state index contributed by atoms with van der Waals surface area (Å²) in [6, 6.07) is 0. The molecule has 0 amide bonds. The standard InChI is InChI=1S/C20H32O2/c1-2-3-4-5-6-7-8-9-10-11-12-13-14-15-16-17-18-19-20(21)22/h3-4,6-7,9-10,12-13H,2,5,8,11,14-19H2,1H3,(H,21,22)/b4-3+,7-6+,10-9+,13-12-. The molecule has 0 bridgehead atoms. The van der Waals surface area contributed by atoms with E-state index in [9.17, 15) is 4.79 Å². The minimum atomic E-state index is -0.682. The fraction of sp³-hybridized carbons (Fsp3) is 0.550. The van der Waals surface area contributed by atoms with E-state index in [0.29, 0.717) is 6.42 Å². The molecule has 0 spiro atoms. The van der Waals surface area contributed by atoms with E-state index in [1.165, 1.54) is 0 Å². The first-order valence-electron chi connectivity index (χ1n) is 8.59. The van der Waals surface area contributed by atoms with Gasteiger partial charge < -0.3 is 5.11 Å². The number of rotatable bonds is 14. The van der Waals surface area contributed by atoms with E-state index in [1.807, 2.05) is 0 Å². The molecule has 2 heteroatoms. The molecule has 0 atom stereocenters. The van der Waals surface area contributed by atoms with Gasteiger partial charge in [-0.1, -0.05) is 68.4 Å². The van der Waals surface area contributed by atoms with Gasteiger partial charge in [-0.05, 0) is 44.9 Å². The Bertz CT molecular complexity index is 362. The third-order valence-electron chi connectivity index (χ3n) is 3.23. The van der Waals surface area contributed by atoms with Crippen LogP contribution in [0.3, 0.4) is 0 Å². The molecule has 124 valence electrons. The lowest BCUT2D eigenvalue weighted by molar-refractivity contribution is -0.137. The lowest BCUT2D eigenvalue weighted by Crippen LogP contribution is -1.93. The van der Waals surface area contributed by atoms with E-state index in [4.69, 9.17) is 5.11 Å². The van der Waals surface area contributed by atoms with E-state index in [1.54, 1.807) is 0 Å². The van der Waals surface area contributed by atoms with Crippen LogP contribution in [-0.4, -0.2) is 11.1 Å². The fourth-order valence-corrected chi connectivity index (χ4v) is 1.99. The van der Waals surface area contributed by atoms with Crippen LogP contribution < -0.4 is 0 Å². The second kappa shape index (κ2) is 17.5. The van der Waals surface area contributed by atoms with Crippen LogP contribution in [0.4, 0.5) is 0 Å². The van der Waals surface area contributed by atoms with Gasteiger partial charge in [0.2, 0.25) is 0 Å². The smallest absolute Gasteiger partial charge is 0.303 e. The molecule has 0 aliphatic rings. The maximum atomic E-state index is 10.3. The van der Waals surface area contributed by atoms with E-state index in [0.717, 1.165) is 57.8 Å². The molecule has 0 aliphatic carbocycles. The fourth-order valence-electron chi connectivity index (χ4n) is 1.99. The van der Waals surface area contributed by atoms with E-state index in [-0.39, 0.29) is 0 Å². The summed E-state index contributed by atoms with van der Waals surface area (Å²) in [4.78, 5) is 10.3. The molecule has 0 fully saturated rings. The quantitative estimate of drug-likeness (QED) is 0.305. The summed E-state index contributed by atoms with van der Waals surface area (Å²) in [5.41, 5.74) is 0. The zero-order valence-corrected chi connectivity index (χ0v) is 14.0. The molecule has 1 N–H and O–H groups in total. The van der Waals surface area contributed by atoms with Crippen molar-refractivity contribution in [2.24, 2.45) is 0 Å². The Morgan fingerprint density at radius 3 is 1.77 bits per heavy atom. The van der Waals surface area contributed by atoms with Crippen molar-refractivity contribution < 1.29 is 9.90 Å². The first-order valence-corrected chi connectivity index (χ1v) is 8.59. The van der Waals surface area contributed by atoms with Crippen molar-refractivity contribution in [3.8, 4) is 0 Å². The summed E-state index contributed by atoms with van der Waals surface area (Å²) in [5.74, 6) is -0.682. The van der Waals surface area contributed by atoms with Crippen LogP contribution >= 0.6 is 0 Å². The highest BCUT2D eigenvalue weighted by Crippen LogP contribution is 2.06. The van der Waals surface area contributed by atoms with Gasteiger partial charge in [0.1, 0.15) is 0 Å². The molecule has 0 aromatic rings. The van der Waals surface area contributed by atoms with Gasteiger partial charge in [-0.15, -0.1) is 0 Å². The van der Waals surface area contributed by atoms with Gasteiger partial charge in [0.05, 0.1) is 0 Å². The number of hydrogen-bond donors (Lipinski definition) is 1. The van der Waals surface area contributed by atoms with E-state index < -0.39 is 5.97 Å². The van der Waals surface area contributed by atoms with Crippen molar-refractivity contribution in [1.29, 1.82) is 0 Å². The molecule has 0 unspecified atom stereocenters. The largest absolute Gasteiger partial charge is 0.481 e. The third-order valence-corrected chi connectivity index (χ3v) is 3.23. The van der Waals surface area contributed by atoms with Gasteiger partial charge in [0, 0.05) is 6.42 Å². The van der Waals surface area contributed by atoms with Crippen LogP contribution in [0.25, 0.3) is 0 Å². The van der Waals surface area contributed by atoms with E-state index in [2.05, 4.69) is 55.5 Å². The molecular formula is C20H32O2. The summed E-state index contributed by atoms with van der Waals surface area (Å²) < 4.78 is 0. The molecule has 0 aromatic carbocycles. The van der Waals surface area contributed by atoms with Gasteiger partial charge in [-0.3, -0.25) is 4.79 Å². The van der Waals surface area contributed by atoms with Gasteiger partial charge in [0.25, 0.3) is 0 Å². The van der Waals surface area contributed by atoms with Crippen molar-refractivity contribution in [2.45, 2.75) is 71.1 Å². The van der Waals surface area contributed by atoms with Gasteiger partial charge in [-0.25, -0.2) is 0 Å². The minimum Gasteiger partial charge on any atom is -0.481 e. The Balaban J connectivity index is 3.34. The summed E-state index contributed by atoms with van der Waals surface area (Å²) >= 11 is 0. The van der Waals surface area contributed by atoms with Gasteiger partial charge in [0.15, 0.2) is 0 Å². The molecule has 0 aliphatic heterocycles. The van der Waals surface area contributed by atoms with Crippen LogP contribution in [0.1, 0.15) is 71.1 Å². The Labute approximate surface area is 136 Å². The summed E-state index contributed by atoms with van der Waals surface area (Å²) in [6.07, 6.45) is 27.4. The maximum absolute atomic E-state index is 10.3. The Hall–Kier alpha value is -1.57. The number of hydrogen-bond acceptors (Lipinski definition) is 1. The molecule has 0 aromatic heterocycles. The van der Waals surface area contributed by atoms with Gasteiger partial charge >= 0.3 is 5.97 Å². The predicted molar refractivity (Wildman–Crippen MR) is 96.0 cm³/mol. The lowest BCUT2D eigenvalue weighted by Gasteiger charge is -1.96. The second-order valence-corrected chi connectivity index (χ2v) is 5.35. The number of unbranched alkanes of at least 4 members (excludes halogenated alkanes) is 4. The molecule has 2 nitrogen and oxygen atoms in total. The highest BCUT2D eigenvalue weighted by atomic mass is 16.4. The van der Waals surface area contributed by atoms with Crippen molar-refractivity contribution in [2.75, 3.05) is 0 Å². The van der Waals surface area contributed by atoms with Crippen molar-refractivity contribution >= 4 is 5.97 Å². The monoisotopic (exact) mass is 304 g/mol. The average Bonchev–Trinajstić information content (AvgIpc) is 2.50. The summed E-state index contributed by atoms with van der Waals surface area (Å²) in [6.45, 7) is 2.15. The van der Waals surface area contributed by atoms with Gasteiger partial charge in [-0.2, -0.15) is 0 Å². The molecule has 0 saturated heterocycles. The molecule has 0 radical (unpaired) electrons. The summed E-state index contributed by atoms with van der Waals surface area (Å²) in [7, 11) is 0. The first-order chi connectivity index (χ1) is 10.8. The highest BCUT2D eigenvalue weighted by molar-refractivity contribution is 5.66. The van der Waals surface area contributed by atoms with Crippen LogP contribution in [0.15, 0.2) is 48.6 Å². The van der Waals surface area contributed by atoms with Crippen LogP contribution in [0, 0.1) is 0 Å². The van der Waals surface area contributed by atoms with Crippen LogP contribution in [0.5, 0.6) is 0 Å². The maximum Gasteiger partial charge on any atom is 0.303 e. The second-order valence-electron chi connectivity index (χ2n) is 5.35.